The Bertz CT molecular complexity index is 1690. The summed E-state index contributed by atoms with van der Waals surface area (Å²) >= 11 is 0. The number of aromatic nitrogens is 4. The number of pyridine rings is 2. The van der Waals surface area contributed by atoms with E-state index in [0.717, 1.165) is 16.6 Å². The second-order valence-corrected chi connectivity index (χ2v) is 10.0. The molecule has 0 saturated heterocycles. The topological polar surface area (TPSA) is 114 Å². The molecule has 0 bridgehead atoms. The second kappa shape index (κ2) is 8.40. The Hall–Kier alpha value is -3.89. The Labute approximate surface area is 202 Å². The molecule has 2 N–H and O–H groups in total. The van der Waals surface area contributed by atoms with Crippen LogP contribution in [0.4, 0.5) is 0 Å². The molecule has 0 atom stereocenters. The van der Waals surface area contributed by atoms with Crippen molar-refractivity contribution in [2.45, 2.75) is 18.4 Å². The van der Waals surface area contributed by atoms with E-state index in [9.17, 15) is 8.42 Å². The van der Waals surface area contributed by atoms with Crippen molar-refractivity contribution in [2.75, 3.05) is 14.2 Å². The van der Waals surface area contributed by atoms with Crippen LogP contribution in [-0.2, 0) is 23.6 Å². The first-order valence-electron chi connectivity index (χ1n) is 10.9. The van der Waals surface area contributed by atoms with Gasteiger partial charge in [-0.15, -0.1) is 0 Å². The van der Waals surface area contributed by atoms with Crippen LogP contribution in [0.25, 0.3) is 33.3 Å². The van der Waals surface area contributed by atoms with E-state index in [4.69, 9.17) is 15.2 Å². The number of nitrogens with two attached hydrogens (primary N) is 1. The number of fused-ring (bicyclic) bond motifs is 2. The standard InChI is InChI=1S/C25H25N5O4S/c1-15-5-7-17(8-6-15)35(31,32)30-20(11-18-16(13-26)9-10-27-24(18)30)19-14-29(2)21-12-22(33-3)25(34-4)28-23(19)21/h5-12,14H,13,26H2,1-4H3. The lowest BCUT2D eigenvalue weighted by Crippen LogP contribution is -2.15. The number of rotatable bonds is 6. The highest BCUT2D eigenvalue weighted by molar-refractivity contribution is 7.90. The molecule has 5 rings (SSSR count). The fourth-order valence-corrected chi connectivity index (χ4v) is 5.77. The van der Waals surface area contributed by atoms with E-state index in [-0.39, 0.29) is 11.4 Å². The molecule has 0 aliphatic heterocycles. The number of hydrogen-bond donors (Lipinski definition) is 1. The summed E-state index contributed by atoms with van der Waals surface area (Å²) in [5.41, 5.74) is 10.4. The number of hydrogen-bond acceptors (Lipinski definition) is 7. The third-order valence-corrected chi connectivity index (χ3v) is 7.83. The second-order valence-electron chi connectivity index (χ2n) is 8.24. The van der Waals surface area contributed by atoms with Crippen molar-refractivity contribution in [1.29, 1.82) is 0 Å². The smallest absolute Gasteiger partial charge is 0.269 e. The van der Waals surface area contributed by atoms with Crippen molar-refractivity contribution in [3.63, 3.8) is 0 Å². The van der Waals surface area contributed by atoms with Crippen LogP contribution in [0.15, 0.2) is 59.8 Å². The summed E-state index contributed by atoms with van der Waals surface area (Å²) < 4.78 is 42.0. The normalized spacial score (nSPS) is 11.9. The van der Waals surface area contributed by atoms with Crippen molar-refractivity contribution in [3.8, 4) is 22.9 Å². The highest BCUT2D eigenvalue weighted by Crippen LogP contribution is 2.39. The lowest BCUT2D eigenvalue weighted by molar-refractivity contribution is 0.344. The Morgan fingerprint density at radius 3 is 2.46 bits per heavy atom. The summed E-state index contributed by atoms with van der Waals surface area (Å²) in [5, 5.41) is 0.665. The summed E-state index contributed by atoms with van der Waals surface area (Å²) in [5.74, 6) is 0.782. The molecule has 4 heterocycles. The van der Waals surface area contributed by atoms with Crippen LogP contribution in [0.3, 0.4) is 0 Å². The highest BCUT2D eigenvalue weighted by Gasteiger charge is 2.28. The van der Waals surface area contributed by atoms with E-state index in [1.165, 1.54) is 11.1 Å². The van der Waals surface area contributed by atoms with Crippen molar-refractivity contribution in [3.05, 3.63) is 66.0 Å². The monoisotopic (exact) mass is 491 g/mol. The maximum absolute atomic E-state index is 14.0. The molecule has 9 nitrogen and oxygen atoms in total. The van der Waals surface area contributed by atoms with Crippen LogP contribution in [0.1, 0.15) is 11.1 Å². The van der Waals surface area contributed by atoms with Gasteiger partial charge in [0.05, 0.1) is 30.3 Å². The minimum atomic E-state index is -4.01. The first-order chi connectivity index (χ1) is 16.8. The number of methoxy groups -OCH3 is 2. The van der Waals surface area contributed by atoms with E-state index < -0.39 is 10.0 Å². The highest BCUT2D eigenvalue weighted by atomic mass is 32.2. The molecular weight excluding hydrogens is 466 g/mol. The fraction of sp³-hybridized carbons (Fsp3) is 0.200. The van der Waals surface area contributed by atoms with Crippen LogP contribution in [-0.4, -0.2) is 41.1 Å². The van der Waals surface area contributed by atoms with Gasteiger partial charge >= 0.3 is 0 Å². The third-order valence-electron chi connectivity index (χ3n) is 6.11. The maximum atomic E-state index is 14.0. The molecule has 0 spiro atoms. The zero-order chi connectivity index (χ0) is 24.9. The number of aryl methyl sites for hydroxylation is 2. The fourth-order valence-electron chi connectivity index (χ4n) is 4.29. The van der Waals surface area contributed by atoms with E-state index in [1.54, 1.807) is 43.6 Å². The van der Waals surface area contributed by atoms with Gasteiger partial charge in [-0.2, -0.15) is 0 Å². The maximum Gasteiger partial charge on any atom is 0.269 e. The Morgan fingerprint density at radius 1 is 1.06 bits per heavy atom. The van der Waals surface area contributed by atoms with Crippen molar-refractivity contribution in [2.24, 2.45) is 12.8 Å². The first kappa shape index (κ1) is 22.9. The minimum Gasteiger partial charge on any atom is -0.491 e. The average molecular weight is 492 g/mol. The average Bonchev–Trinajstić information content (AvgIpc) is 3.41. The molecule has 180 valence electrons. The third kappa shape index (κ3) is 3.53. The van der Waals surface area contributed by atoms with Gasteiger partial charge in [0, 0.05) is 43.0 Å². The molecule has 35 heavy (non-hydrogen) atoms. The van der Waals surface area contributed by atoms with Crippen molar-refractivity contribution < 1.29 is 17.9 Å². The first-order valence-corrected chi connectivity index (χ1v) is 12.3. The van der Waals surface area contributed by atoms with E-state index in [0.29, 0.717) is 39.4 Å². The lowest BCUT2D eigenvalue weighted by Gasteiger charge is -2.12. The van der Waals surface area contributed by atoms with E-state index in [2.05, 4.69) is 9.97 Å². The van der Waals surface area contributed by atoms with Gasteiger partial charge in [0.25, 0.3) is 15.9 Å². The largest absolute Gasteiger partial charge is 0.491 e. The molecule has 1 aromatic carbocycles. The van der Waals surface area contributed by atoms with Crippen LogP contribution in [0.2, 0.25) is 0 Å². The Balaban J connectivity index is 1.89. The van der Waals surface area contributed by atoms with Crippen LogP contribution < -0.4 is 15.2 Å². The molecule has 10 heteroatoms. The quantitative estimate of drug-likeness (QED) is 0.386. The van der Waals surface area contributed by atoms with Gasteiger partial charge in [0.15, 0.2) is 11.4 Å². The molecule has 0 aliphatic rings. The van der Waals surface area contributed by atoms with E-state index >= 15 is 0 Å². The molecule has 0 radical (unpaired) electrons. The summed E-state index contributed by atoms with van der Waals surface area (Å²) in [6.07, 6.45) is 3.42. The SMILES string of the molecule is COc1cc2c(nc1OC)c(-c1cc3c(CN)ccnc3n1S(=O)(=O)c1ccc(C)cc1)cn2C. The van der Waals surface area contributed by atoms with Gasteiger partial charge in [0.2, 0.25) is 0 Å². The number of ether oxygens (including phenoxy) is 2. The predicted octanol–water partition coefficient (Wildman–Crippen LogP) is 3.61. The zero-order valence-electron chi connectivity index (χ0n) is 19.8. The summed E-state index contributed by atoms with van der Waals surface area (Å²) in [6.45, 7) is 2.15. The molecule has 0 saturated carbocycles. The number of benzene rings is 1. The zero-order valence-corrected chi connectivity index (χ0v) is 20.6. The Kier molecular flexibility index (Phi) is 5.49. The van der Waals surface area contributed by atoms with Crippen LogP contribution >= 0.6 is 0 Å². The van der Waals surface area contributed by atoms with Crippen molar-refractivity contribution >= 4 is 32.1 Å². The molecule has 5 aromatic rings. The van der Waals surface area contributed by atoms with Crippen LogP contribution in [0.5, 0.6) is 11.6 Å². The summed E-state index contributed by atoms with van der Waals surface area (Å²) in [4.78, 5) is 9.27. The van der Waals surface area contributed by atoms with Crippen LogP contribution in [0, 0.1) is 6.92 Å². The summed E-state index contributed by atoms with van der Waals surface area (Å²) in [6, 6.07) is 12.2. The van der Waals surface area contributed by atoms with Gasteiger partial charge in [0.1, 0.15) is 5.52 Å². The van der Waals surface area contributed by atoms with Gasteiger partial charge in [-0.1, -0.05) is 17.7 Å². The molecule has 4 aromatic heterocycles. The summed E-state index contributed by atoms with van der Waals surface area (Å²) in [7, 11) is 0.908. The predicted molar refractivity (Wildman–Crippen MR) is 134 cm³/mol. The molecule has 0 amide bonds. The number of nitrogens with zero attached hydrogens (tertiary/aromatic N) is 4. The molecule has 0 fully saturated rings. The van der Waals surface area contributed by atoms with Gasteiger partial charge in [-0.3, -0.25) is 0 Å². The molecule has 0 unspecified atom stereocenters. The molecular formula is C25H25N5O4S. The molecule has 0 aliphatic carbocycles. The van der Waals surface area contributed by atoms with Crippen molar-refractivity contribution in [1.82, 2.24) is 18.5 Å². The lowest BCUT2D eigenvalue weighted by atomic mass is 10.1. The minimum absolute atomic E-state index is 0.161. The Morgan fingerprint density at radius 2 is 1.80 bits per heavy atom. The van der Waals surface area contributed by atoms with Gasteiger partial charge in [-0.05, 0) is 36.8 Å². The van der Waals surface area contributed by atoms with E-state index in [1.807, 2.05) is 36.9 Å². The van der Waals surface area contributed by atoms with Gasteiger partial charge < -0.3 is 19.8 Å². The van der Waals surface area contributed by atoms with Gasteiger partial charge in [-0.25, -0.2) is 22.4 Å².